The number of hydrogen-bond acceptors (Lipinski definition) is 6. The first-order valence-corrected chi connectivity index (χ1v) is 21.1. The second-order valence-corrected chi connectivity index (χ2v) is 14.7. The van der Waals surface area contributed by atoms with E-state index in [9.17, 15) is 14.4 Å². The molecule has 0 aliphatic heterocycles. The predicted octanol–water partition coefficient (Wildman–Crippen LogP) is 12.2. The zero-order chi connectivity index (χ0) is 34.9. The van der Waals surface area contributed by atoms with Crippen LogP contribution in [0.1, 0.15) is 213 Å². The fourth-order valence-corrected chi connectivity index (χ4v) is 7.12. The van der Waals surface area contributed by atoms with Crippen molar-refractivity contribution in [1.82, 2.24) is 0 Å². The second-order valence-electron chi connectivity index (χ2n) is 14.7. The van der Waals surface area contributed by atoms with E-state index in [0.717, 1.165) is 57.8 Å². The van der Waals surface area contributed by atoms with Crippen molar-refractivity contribution in [3.63, 3.8) is 0 Å². The molecule has 0 radical (unpaired) electrons. The molecule has 6 heteroatoms. The monoisotopic (exact) mass is 679 g/mol. The Balaban J connectivity index is 2.55. The van der Waals surface area contributed by atoms with Crippen molar-refractivity contribution in [1.29, 1.82) is 0 Å². The maximum Gasteiger partial charge on any atom is 0.310 e. The summed E-state index contributed by atoms with van der Waals surface area (Å²) in [6, 6.07) is 0. The van der Waals surface area contributed by atoms with Crippen LogP contribution in [0.4, 0.5) is 0 Å². The number of esters is 3. The molecule has 6 nitrogen and oxygen atoms in total. The third kappa shape index (κ3) is 22.9. The van der Waals surface area contributed by atoms with Gasteiger partial charge in [0, 0.05) is 0 Å². The van der Waals surface area contributed by atoms with E-state index in [1.807, 2.05) is 0 Å². The molecule has 1 aliphatic rings. The highest BCUT2D eigenvalue weighted by molar-refractivity contribution is 5.87. The second kappa shape index (κ2) is 32.6. The molecular weight excluding hydrogens is 600 g/mol. The van der Waals surface area contributed by atoms with Crippen LogP contribution < -0.4 is 0 Å². The van der Waals surface area contributed by atoms with Gasteiger partial charge in [-0.05, 0) is 32.1 Å². The van der Waals surface area contributed by atoms with Gasteiger partial charge >= 0.3 is 17.9 Å². The highest BCUT2D eigenvalue weighted by atomic mass is 16.5. The van der Waals surface area contributed by atoms with Crippen molar-refractivity contribution in [3.8, 4) is 0 Å². The van der Waals surface area contributed by atoms with Gasteiger partial charge < -0.3 is 14.2 Å². The van der Waals surface area contributed by atoms with E-state index in [0.29, 0.717) is 39.1 Å². The molecule has 0 N–H and O–H groups in total. The molecule has 0 spiro atoms. The minimum absolute atomic E-state index is 0.339. The van der Waals surface area contributed by atoms with Crippen molar-refractivity contribution in [3.05, 3.63) is 0 Å². The normalized spacial score (nSPS) is 17.7. The number of carbonyl (C=O) groups excluding carboxylic acids is 3. The maximum atomic E-state index is 13.5. The number of rotatable bonds is 33. The van der Waals surface area contributed by atoms with Crippen LogP contribution in [0.25, 0.3) is 0 Å². The largest absolute Gasteiger partial charge is 0.465 e. The molecule has 2 atom stereocenters. The summed E-state index contributed by atoms with van der Waals surface area (Å²) in [5.74, 6) is -3.23. The minimum atomic E-state index is -0.816. The van der Waals surface area contributed by atoms with E-state index >= 15 is 0 Å². The van der Waals surface area contributed by atoms with E-state index < -0.39 is 23.7 Å². The Morgan fingerprint density at radius 2 is 0.625 bits per heavy atom. The van der Waals surface area contributed by atoms with Crippen LogP contribution >= 0.6 is 0 Å². The van der Waals surface area contributed by atoms with E-state index in [1.54, 1.807) is 0 Å². The van der Waals surface area contributed by atoms with E-state index in [-0.39, 0.29) is 11.9 Å². The van der Waals surface area contributed by atoms with E-state index in [4.69, 9.17) is 14.2 Å². The fraction of sp³-hybridized carbons (Fsp3) is 0.929. The third-order valence-electron chi connectivity index (χ3n) is 10.3. The predicted molar refractivity (Wildman–Crippen MR) is 199 cm³/mol. The number of ether oxygens (including phenoxy) is 3. The van der Waals surface area contributed by atoms with Crippen LogP contribution in [-0.2, 0) is 28.6 Å². The summed E-state index contributed by atoms with van der Waals surface area (Å²) < 4.78 is 17.2. The molecule has 0 heterocycles. The molecule has 1 saturated carbocycles. The first-order valence-electron chi connectivity index (χ1n) is 21.1. The number of unbranched alkanes of at least 4 members (excludes halogenated alkanes) is 24. The van der Waals surface area contributed by atoms with Crippen molar-refractivity contribution in [2.75, 3.05) is 19.8 Å². The van der Waals surface area contributed by atoms with E-state index in [1.165, 1.54) is 116 Å². The summed E-state index contributed by atoms with van der Waals surface area (Å²) in [4.78, 5) is 40.2. The van der Waals surface area contributed by atoms with Crippen LogP contribution in [0.5, 0.6) is 0 Å². The lowest BCUT2D eigenvalue weighted by atomic mass is 9.72. The minimum Gasteiger partial charge on any atom is -0.465 e. The van der Waals surface area contributed by atoms with Gasteiger partial charge in [0.2, 0.25) is 0 Å². The zero-order valence-corrected chi connectivity index (χ0v) is 32.0. The van der Waals surface area contributed by atoms with Crippen molar-refractivity contribution < 1.29 is 28.6 Å². The molecule has 2 unspecified atom stereocenters. The van der Waals surface area contributed by atoms with Crippen molar-refractivity contribution in [2.45, 2.75) is 213 Å². The first kappa shape index (κ1) is 44.4. The van der Waals surface area contributed by atoms with Gasteiger partial charge in [0.25, 0.3) is 0 Å². The van der Waals surface area contributed by atoms with Gasteiger partial charge in [0.05, 0.1) is 37.6 Å². The Bertz CT molecular complexity index is 723. The number of carbonyl (C=O) groups is 3. The van der Waals surface area contributed by atoms with Crippen molar-refractivity contribution in [2.24, 2.45) is 17.8 Å². The quantitative estimate of drug-likeness (QED) is 0.0390. The Labute approximate surface area is 297 Å². The van der Waals surface area contributed by atoms with Gasteiger partial charge in [-0.2, -0.15) is 0 Å². The van der Waals surface area contributed by atoms with Gasteiger partial charge in [-0.1, -0.05) is 181 Å². The zero-order valence-electron chi connectivity index (χ0n) is 32.0. The van der Waals surface area contributed by atoms with Crippen LogP contribution in [0.15, 0.2) is 0 Å². The van der Waals surface area contributed by atoms with Crippen LogP contribution in [0, 0.1) is 17.8 Å². The van der Waals surface area contributed by atoms with Gasteiger partial charge in [0.15, 0.2) is 0 Å². The lowest BCUT2D eigenvalue weighted by molar-refractivity contribution is -0.172. The molecule has 0 amide bonds. The average Bonchev–Trinajstić information content (AvgIpc) is 3.10. The standard InChI is InChI=1S/C42H78O6/c1-4-7-10-13-16-19-22-25-28-34-46-40(43)37-32-31-33-38(41(44)47-35-29-26-23-20-17-14-11-8-5-2)39(37)42(45)48-36-30-27-24-21-18-15-12-9-6-3/h37-39H,4-36H2,1-3H3. The average molecular weight is 679 g/mol. The van der Waals surface area contributed by atoms with Crippen LogP contribution in [0.3, 0.4) is 0 Å². The van der Waals surface area contributed by atoms with Crippen LogP contribution in [-0.4, -0.2) is 37.7 Å². The topological polar surface area (TPSA) is 78.9 Å². The summed E-state index contributed by atoms with van der Waals surface area (Å²) >= 11 is 0. The Morgan fingerprint density at radius 1 is 0.375 bits per heavy atom. The smallest absolute Gasteiger partial charge is 0.310 e. The SMILES string of the molecule is CCCCCCCCCCCOC(=O)C1CCCC(C(=O)OCCCCCCCCCCC)C1C(=O)OCCCCCCCCCCC. The van der Waals surface area contributed by atoms with Crippen LogP contribution in [0.2, 0.25) is 0 Å². The molecule has 0 aromatic rings. The highest BCUT2D eigenvalue weighted by Gasteiger charge is 2.47. The Morgan fingerprint density at radius 3 is 0.917 bits per heavy atom. The van der Waals surface area contributed by atoms with E-state index in [2.05, 4.69) is 20.8 Å². The third-order valence-corrected chi connectivity index (χ3v) is 10.3. The molecule has 0 aromatic carbocycles. The maximum absolute atomic E-state index is 13.5. The molecule has 0 aromatic heterocycles. The molecule has 1 fully saturated rings. The summed E-state index contributed by atoms with van der Waals surface area (Å²) in [7, 11) is 0. The lowest BCUT2D eigenvalue weighted by Crippen LogP contribution is -2.44. The molecule has 0 bridgehead atoms. The highest BCUT2D eigenvalue weighted by Crippen LogP contribution is 2.38. The summed E-state index contributed by atoms with van der Waals surface area (Å²) in [5.41, 5.74) is 0. The van der Waals surface area contributed by atoms with Gasteiger partial charge in [-0.3, -0.25) is 14.4 Å². The number of hydrogen-bond donors (Lipinski definition) is 0. The molecule has 0 saturated heterocycles. The van der Waals surface area contributed by atoms with Crippen molar-refractivity contribution >= 4 is 17.9 Å². The summed E-state index contributed by atoms with van der Waals surface area (Å²) in [5, 5.41) is 0. The van der Waals surface area contributed by atoms with Gasteiger partial charge in [-0.25, -0.2) is 0 Å². The molecule has 282 valence electrons. The van der Waals surface area contributed by atoms with Gasteiger partial charge in [-0.15, -0.1) is 0 Å². The first-order chi connectivity index (χ1) is 23.6. The molecular formula is C42H78O6. The summed E-state index contributed by atoms with van der Waals surface area (Å²) in [6.07, 6.45) is 34.1. The Hall–Kier alpha value is -1.59. The fourth-order valence-electron chi connectivity index (χ4n) is 7.12. The lowest BCUT2D eigenvalue weighted by Gasteiger charge is -2.34. The molecule has 48 heavy (non-hydrogen) atoms. The Kier molecular flexibility index (Phi) is 30.2. The molecule has 1 aliphatic carbocycles. The summed E-state index contributed by atoms with van der Waals surface area (Å²) in [6.45, 7) is 7.80. The molecule has 1 rings (SSSR count). The van der Waals surface area contributed by atoms with Gasteiger partial charge in [0.1, 0.15) is 0 Å².